The topological polar surface area (TPSA) is 87.7 Å². The van der Waals surface area contributed by atoms with Crippen LogP contribution in [0.25, 0.3) is 0 Å². The Bertz CT molecular complexity index is 1260. The summed E-state index contributed by atoms with van der Waals surface area (Å²) >= 11 is 5.30. The van der Waals surface area contributed by atoms with E-state index in [1.807, 2.05) is 12.1 Å². The summed E-state index contributed by atoms with van der Waals surface area (Å²) in [6, 6.07) is 22.2. The van der Waals surface area contributed by atoms with Crippen LogP contribution in [0.1, 0.15) is 43.5 Å². The van der Waals surface area contributed by atoms with Crippen molar-refractivity contribution < 1.29 is 17.9 Å². The van der Waals surface area contributed by atoms with Crippen LogP contribution in [0.5, 0.6) is 5.75 Å². The molecule has 0 saturated carbocycles. The second kappa shape index (κ2) is 13.0. The quantitative estimate of drug-likeness (QED) is 0.250. The van der Waals surface area contributed by atoms with Crippen LogP contribution in [0.15, 0.2) is 83.8 Å². The molecule has 0 atom stereocenters. The Labute approximate surface area is 218 Å². The van der Waals surface area contributed by atoms with E-state index in [1.54, 1.807) is 61.5 Å². The third-order valence-electron chi connectivity index (χ3n) is 5.40. The second-order valence-corrected chi connectivity index (χ2v) is 10.3. The molecule has 2 N–H and O–H groups in total. The Morgan fingerprint density at radius 1 is 0.917 bits per heavy atom. The molecule has 1 amide bonds. The average molecular weight is 526 g/mol. The van der Waals surface area contributed by atoms with Crippen molar-refractivity contribution in [3.63, 3.8) is 0 Å². The van der Waals surface area contributed by atoms with E-state index >= 15 is 0 Å². The van der Waals surface area contributed by atoms with Gasteiger partial charge in [-0.05, 0) is 74.1 Å². The standard InChI is InChI=1S/C27H31N3O4S2/c1-3-5-11-20-34-25-15-10-9-14-24(25)26(31)29-27(35)28-21-16-18-23(19-17-21)36(32,33)30(4-2)22-12-7-6-8-13-22/h6-10,12-19H,3-5,11,20H2,1-2H3,(H2,28,29,31,35). The van der Waals surface area contributed by atoms with Gasteiger partial charge in [-0.3, -0.25) is 14.4 Å². The lowest BCUT2D eigenvalue weighted by molar-refractivity contribution is 0.0973. The summed E-state index contributed by atoms with van der Waals surface area (Å²) in [6.07, 6.45) is 3.06. The number of amides is 1. The van der Waals surface area contributed by atoms with E-state index in [0.717, 1.165) is 19.3 Å². The molecule has 3 aromatic rings. The third kappa shape index (κ3) is 7.05. The van der Waals surface area contributed by atoms with Crippen molar-refractivity contribution in [1.29, 1.82) is 0 Å². The number of ether oxygens (including phenoxy) is 1. The van der Waals surface area contributed by atoms with E-state index in [2.05, 4.69) is 17.6 Å². The molecule has 7 nitrogen and oxygen atoms in total. The van der Waals surface area contributed by atoms with Gasteiger partial charge in [0.1, 0.15) is 5.75 Å². The van der Waals surface area contributed by atoms with Gasteiger partial charge in [-0.2, -0.15) is 0 Å². The average Bonchev–Trinajstić information content (AvgIpc) is 2.88. The lowest BCUT2D eigenvalue weighted by Crippen LogP contribution is -2.34. The zero-order valence-electron chi connectivity index (χ0n) is 20.4. The van der Waals surface area contributed by atoms with E-state index in [4.69, 9.17) is 17.0 Å². The number of nitrogens with zero attached hydrogens (tertiary/aromatic N) is 1. The van der Waals surface area contributed by atoms with Crippen molar-refractivity contribution in [1.82, 2.24) is 5.32 Å². The summed E-state index contributed by atoms with van der Waals surface area (Å²) in [6.45, 7) is 4.74. The van der Waals surface area contributed by atoms with Gasteiger partial charge in [0.25, 0.3) is 15.9 Å². The van der Waals surface area contributed by atoms with Gasteiger partial charge in [-0.15, -0.1) is 0 Å². The van der Waals surface area contributed by atoms with Gasteiger partial charge in [0.05, 0.1) is 22.8 Å². The van der Waals surface area contributed by atoms with Crippen LogP contribution >= 0.6 is 12.2 Å². The maximum Gasteiger partial charge on any atom is 0.264 e. The molecule has 0 aromatic heterocycles. The molecule has 0 saturated heterocycles. The molecule has 0 aliphatic carbocycles. The lowest BCUT2D eigenvalue weighted by Gasteiger charge is -2.23. The van der Waals surface area contributed by atoms with Gasteiger partial charge in [-0.1, -0.05) is 50.1 Å². The van der Waals surface area contributed by atoms with Gasteiger partial charge >= 0.3 is 0 Å². The molecular weight excluding hydrogens is 494 g/mol. The van der Waals surface area contributed by atoms with Crippen LogP contribution < -0.4 is 19.7 Å². The molecule has 9 heteroatoms. The molecule has 36 heavy (non-hydrogen) atoms. The molecule has 0 aliphatic rings. The van der Waals surface area contributed by atoms with Gasteiger partial charge < -0.3 is 10.1 Å². The second-order valence-electron chi connectivity index (χ2n) is 7.99. The number of carbonyl (C=O) groups excluding carboxylic acids is 1. The molecule has 0 unspecified atom stereocenters. The fourth-order valence-electron chi connectivity index (χ4n) is 3.57. The Morgan fingerprint density at radius 3 is 2.25 bits per heavy atom. The maximum absolute atomic E-state index is 13.2. The number of hydrogen-bond donors (Lipinski definition) is 2. The van der Waals surface area contributed by atoms with Crippen molar-refractivity contribution in [3.05, 3.63) is 84.4 Å². The Hall–Kier alpha value is -3.43. The SMILES string of the molecule is CCCCCOc1ccccc1C(=O)NC(=S)Nc1ccc(S(=O)(=O)N(CC)c2ccccc2)cc1. The molecule has 0 heterocycles. The minimum absolute atomic E-state index is 0.0934. The summed E-state index contributed by atoms with van der Waals surface area (Å²) in [5.41, 5.74) is 1.53. The van der Waals surface area contributed by atoms with E-state index in [-0.39, 0.29) is 15.9 Å². The molecule has 3 aromatic carbocycles. The van der Waals surface area contributed by atoms with E-state index in [1.165, 1.54) is 16.4 Å². The van der Waals surface area contributed by atoms with Gasteiger partial charge in [-0.25, -0.2) is 8.42 Å². The third-order valence-corrected chi connectivity index (χ3v) is 7.52. The van der Waals surface area contributed by atoms with Crippen LogP contribution in [-0.2, 0) is 10.0 Å². The van der Waals surface area contributed by atoms with Crippen LogP contribution in [0.3, 0.4) is 0 Å². The Morgan fingerprint density at radius 2 is 1.58 bits per heavy atom. The Kier molecular flexibility index (Phi) is 9.84. The minimum atomic E-state index is -3.73. The minimum Gasteiger partial charge on any atom is -0.493 e. The molecular formula is C27H31N3O4S2. The van der Waals surface area contributed by atoms with Crippen LogP contribution in [0.4, 0.5) is 11.4 Å². The van der Waals surface area contributed by atoms with E-state index in [0.29, 0.717) is 35.8 Å². The molecule has 0 fully saturated rings. The zero-order chi connectivity index (χ0) is 26.0. The summed E-state index contributed by atoms with van der Waals surface area (Å²) < 4.78 is 33.4. The first-order valence-corrected chi connectivity index (χ1v) is 13.7. The highest BCUT2D eigenvalue weighted by Gasteiger charge is 2.23. The highest BCUT2D eigenvalue weighted by atomic mass is 32.2. The monoisotopic (exact) mass is 525 g/mol. The lowest BCUT2D eigenvalue weighted by atomic mass is 10.2. The first-order chi connectivity index (χ1) is 17.4. The summed E-state index contributed by atoms with van der Waals surface area (Å²) in [5, 5.41) is 5.67. The van der Waals surface area contributed by atoms with Crippen molar-refractivity contribution in [2.45, 2.75) is 38.0 Å². The Balaban J connectivity index is 1.64. The van der Waals surface area contributed by atoms with Crippen molar-refractivity contribution >= 4 is 44.6 Å². The van der Waals surface area contributed by atoms with Gasteiger partial charge in [0.2, 0.25) is 0 Å². The number of carbonyl (C=O) groups is 1. The number of nitrogens with one attached hydrogen (secondary N) is 2. The predicted molar refractivity (Wildman–Crippen MR) is 148 cm³/mol. The summed E-state index contributed by atoms with van der Waals surface area (Å²) in [4.78, 5) is 12.9. The summed E-state index contributed by atoms with van der Waals surface area (Å²) in [7, 11) is -3.73. The van der Waals surface area contributed by atoms with Gasteiger partial charge in [0, 0.05) is 12.2 Å². The zero-order valence-corrected chi connectivity index (χ0v) is 22.1. The molecule has 190 valence electrons. The first-order valence-electron chi connectivity index (χ1n) is 11.9. The molecule has 0 aliphatic heterocycles. The smallest absolute Gasteiger partial charge is 0.264 e. The normalized spacial score (nSPS) is 10.9. The number of sulfonamides is 1. The molecule has 0 bridgehead atoms. The number of para-hydroxylation sites is 2. The van der Waals surface area contributed by atoms with Crippen LogP contribution in [-0.4, -0.2) is 32.6 Å². The van der Waals surface area contributed by atoms with E-state index in [9.17, 15) is 13.2 Å². The number of rotatable bonds is 11. The van der Waals surface area contributed by atoms with Crippen LogP contribution in [0.2, 0.25) is 0 Å². The highest BCUT2D eigenvalue weighted by molar-refractivity contribution is 7.92. The first kappa shape index (κ1) is 27.2. The number of hydrogen-bond acceptors (Lipinski definition) is 5. The van der Waals surface area contributed by atoms with Crippen molar-refractivity contribution in [2.75, 3.05) is 22.8 Å². The maximum atomic E-state index is 13.2. The predicted octanol–water partition coefficient (Wildman–Crippen LogP) is 5.60. The number of unbranched alkanes of at least 4 members (excludes halogenated alkanes) is 2. The number of thiocarbonyl (C=S) groups is 1. The van der Waals surface area contributed by atoms with Crippen LogP contribution in [0, 0.1) is 0 Å². The highest BCUT2D eigenvalue weighted by Crippen LogP contribution is 2.24. The van der Waals surface area contributed by atoms with Crippen molar-refractivity contribution in [3.8, 4) is 5.75 Å². The van der Waals surface area contributed by atoms with Gasteiger partial charge in [0.15, 0.2) is 5.11 Å². The fraction of sp³-hybridized carbons (Fsp3) is 0.259. The van der Waals surface area contributed by atoms with E-state index < -0.39 is 10.0 Å². The molecule has 0 radical (unpaired) electrons. The summed E-state index contributed by atoms with van der Waals surface area (Å²) in [5.74, 6) is 0.113. The van der Waals surface area contributed by atoms with Crippen molar-refractivity contribution in [2.24, 2.45) is 0 Å². The molecule has 0 spiro atoms. The largest absolute Gasteiger partial charge is 0.493 e. The number of anilines is 2. The molecule has 3 rings (SSSR count). The fourth-order valence-corrected chi connectivity index (χ4v) is 5.25. The number of benzene rings is 3.